The zero-order valence-corrected chi connectivity index (χ0v) is 11.6. The third-order valence-corrected chi connectivity index (χ3v) is 3.75. The Balaban J connectivity index is 1.67. The Bertz CT molecular complexity index is 560. The lowest BCUT2D eigenvalue weighted by Gasteiger charge is -2.17. The van der Waals surface area contributed by atoms with E-state index in [1.807, 2.05) is 19.1 Å². The first-order valence-electron chi connectivity index (χ1n) is 7.18. The second-order valence-electron chi connectivity index (χ2n) is 5.32. The van der Waals surface area contributed by atoms with Crippen molar-refractivity contribution in [1.82, 2.24) is 10.3 Å². The van der Waals surface area contributed by atoms with Crippen LogP contribution in [0.1, 0.15) is 43.0 Å². The topological polar surface area (TPSA) is 38.1 Å². The van der Waals surface area contributed by atoms with E-state index in [0.29, 0.717) is 12.5 Å². The second-order valence-corrected chi connectivity index (χ2v) is 5.32. The fraction of sp³-hybridized carbons (Fsp3) is 0.438. The number of aryl methyl sites for hydroxylation is 1. The highest BCUT2D eigenvalue weighted by atomic mass is 19.1. The van der Waals surface area contributed by atoms with Crippen molar-refractivity contribution in [3.63, 3.8) is 0 Å². The maximum atomic E-state index is 13.0. The summed E-state index contributed by atoms with van der Waals surface area (Å²) in [6.07, 6.45) is 5.08. The van der Waals surface area contributed by atoms with Gasteiger partial charge in [-0.05, 0) is 36.5 Å². The van der Waals surface area contributed by atoms with Crippen LogP contribution in [0.2, 0.25) is 0 Å². The monoisotopic (exact) mass is 274 g/mol. The second kappa shape index (κ2) is 5.75. The van der Waals surface area contributed by atoms with Crippen molar-refractivity contribution >= 4 is 0 Å². The molecule has 0 aliphatic heterocycles. The number of halogens is 1. The molecule has 1 unspecified atom stereocenters. The first kappa shape index (κ1) is 13.3. The lowest BCUT2D eigenvalue weighted by Crippen LogP contribution is -2.22. The van der Waals surface area contributed by atoms with Crippen molar-refractivity contribution in [3.8, 4) is 0 Å². The van der Waals surface area contributed by atoms with Crippen LogP contribution in [0.3, 0.4) is 0 Å². The third-order valence-electron chi connectivity index (χ3n) is 3.75. The number of aromatic nitrogens is 1. The maximum absolute atomic E-state index is 13.0. The molecule has 1 aromatic heterocycles. The number of nitrogens with zero attached hydrogens (tertiary/aromatic N) is 1. The zero-order chi connectivity index (χ0) is 13.9. The quantitative estimate of drug-likeness (QED) is 0.874. The molecule has 20 heavy (non-hydrogen) atoms. The molecule has 1 N–H and O–H groups in total. The number of oxazole rings is 1. The summed E-state index contributed by atoms with van der Waals surface area (Å²) in [6.45, 7) is 2.65. The maximum Gasteiger partial charge on any atom is 0.208 e. The Kier molecular flexibility index (Phi) is 3.83. The lowest BCUT2D eigenvalue weighted by molar-refractivity contribution is 0.401. The Labute approximate surface area is 118 Å². The highest BCUT2D eigenvalue weighted by Crippen LogP contribution is 2.41. The summed E-state index contributed by atoms with van der Waals surface area (Å²) in [7, 11) is 0. The van der Waals surface area contributed by atoms with Crippen LogP contribution < -0.4 is 5.32 Å². The molecule has 1 aliphatic rings. The van der Waals surface area contributed by atoms with Crippen LogP contribution in [-0.2, 0) is 13.0 Å². The minimum absolute atomic E-state index is 0.191. The van der Waals surface area contributed by atoms with Gasteiger partial charge in [0.15, 0.2) is 0 Å². The molecule has 2 aromatic rings. The molecule has 0 amide bonds. The van der Waals surface area contributed by atoms with Gasteiger partial charge < -0.3 is 9.73 Å². The molecule has 0 radical (unpaired) electrons. The van der Waals surface area contributed by atoms with E-state index < -0.39 is 0 Å². The van der Waals surface area contributed by atoms with Crippen molar-refractivity contribution in [2.45, 2.75) is 38.8 Å². The molecule has 1 saturated carbocycles. The standard InChI is InChI=1S/C16H19FN2O/c1-2-14-9-18-15(20-14)10-19-16(11-3-4-11)12-5-7-13(17)8-6-12/h5-9,11,16,19H,2-4,10H2,1H3. The minimum atomic E-state index is -0.191. The van der Waals surface area contributed by atoms with Gasteiger partial charge in [0.25, 0.3) is 0 Å². The Morgan fingerprint density at radius 2 is 2.10 bits per heavy atom. The molecule has 106 valence electrons. The average molecular weight is 274 g/mol. The summed E-state index contributed by atoms with van der Waals surface area (Å²) in [5.41, 5.74) is 1.14. The zero-order valence-electron chi connectivity index (χ0n) is 11.6. The fourth-order valence-corrected chi connectivity index (χ4v) is 2.45. The van der Waals surface area contributed by atoms with Crippen LogP contribution in [0.5, 0.6) is 0 Å². The molecule has 1 fully saturated rings. The number of rotatable bonds is 6. The molecule has 3 rings (SSSR count). The summed E-state index contributed by atoms with van der Waals surface area (Å²) in [4.78, 5) is 4.26. The van der Waals surface area contributed by atoms with Gasteiger partial charge in [-0.2, -0.15) is 0 Å². The van der Waals surface area contributed by atoms with Crippen LogP contribution in [0, 0.1) is 11.7 Å². The van der Waals surface area contributed by atoms with Gasteiger partial charge in [-0.25, -0.2) is 9.37 Å². The van der Waals surface area contributed by atoms with E-state index in [0.717, 1.165) is 23.6 Å². The van der Waals surface area contributed by atoms with E-state index in [9.17, 15) is 4.39 Å². The van der Waals surface area contributed by atoms with E-state index >= 15 is 0 Å². The molecule has 0 saturated heterocycles. The highest BCUT2D eigenvalue weighted by Gasteiger charge is 2.32. The van der Waals surface area contributed by atoms with E-state index in [4.69, 9.17) is 4.42 Å². The summed E-state index contributed by atoms with van der Waals surface area (Å²) in [5, 5.41) is 3.49. The number of hydrogen-bond donors (Lipinski definition) is 1. The van der Waals surface area contributed by atoms with Gasteiger partial charge in [0, 0.05) is 12.5 Å². The largest absolute Gasteiger partial charge is 0.444 e. The molecule has 1 heterocycles. The number of nitrogens with one attached hydrogen (secondary N) is 1. The molecule has 4 heteroatoms. The van der Waals surface area contributed by atoms with Crippen LogP contribution in [0.4, 0.5) is 4.39 Å². The van der Waals surface area contributed by atoms with Crippen molar-refractivity contribution < 1.29 is 8.81 Å². The van der Waals surface area contributed by atoms with Crippen molar-refractivity contribution in [3.05, 3.63) is 53.5 Å². The first-order valence-corrected chi connectivity index (χ1v) is 7.18. The summed E-state index contributed by atoms with van der Waals surface area (Å²) in [5.74, 6) is 2.07. The highest BCUT2D eigenvalue weighted by molar-refractivity contribution is 5.22. The van der Waals surface area contributed by atoms with Gasteiger partial charge in [-0.15, -0.1) is 0 Å². The van der Waals surface area contributed by atoms with Crippen LogP contribution in [-0.4, -0.2) is 4.98 Å². The molecule has 1 aliphatic carbocycles. The number of hydrogen-bond acceptors (Lipinski definition) is 3. The third kappa shape index (κ3) is 3.07. The molecule has 3 nitrogen and oxygen atoms in total. The van der Waals surface area contributed by atoms with E-state index in [2.05, 4.69) is 10.3 Å². The Morgan fingerprint density at radius 3 is 2.70 bits per heavy atom. The van der Waals surface area contributed by atoms with E-state index in [-0.39, 0.29) is 11.9 Å². The van der Waals surface area contributed by atoms with Gasteiger partial charge in [-0.3, -0.25) is 0 Å². The smallest absolute Gasteiger partial charge is 0.208 e. The Morgan fingerprint density at radius 1 is 1.35 bits per heavy atom. The Hall–Kier alpha value is -1.68. The normalized spacial score (nSPS) is 16.3. The van der Waals surface area contributed by atoms with Gasteiger partial charge in [0.05, 0.1) is 12.7 Å². The van der Waals surface area contributed by atoms with Gasteiger partial charge in [-0.1, -0.05) is 19.1 Å². The summed E-state index contributed by atoms with van der Waals surface area (Å²) < 4.78 is 18.6. The van der Waals surface area contributed by atoms with Crippen molar-refractivity contribution in [1.29, 1.82) is 0 Å². The first-order chi connectivity index (χ1) is 9.76. The summed E-state index contributed by atoms with van der Waals surface area (Å²) in [6, 6.07) is 7.02. The molecule has 0 spiro atoms. The molecule has 0 bridgehead atoms. The van der Waals surface area contributed by atoms with Gasteiger partial charge in [0.2, 0.25) is 5.89 Å². The molecular formula is C16H19FN2O. The van der Waals surface area contributed by atoms with Gasteiger partial charge in [0.1, 0.15) is 11.6 Å². The molecule has 1 aromatic carbocycles. The lowest BCUT2D eigenvalue weighted by atomic mass is 10.0. The average Bonchev–Trinajstić information content (AvgIpc) is 3.19. The van der Waals surface area contributed by atoms with E-state index in [1.54, 1.807) is 6.20 Å². The van der Waals surface area contributed by atoms with E-state index in [1.165, 1.54) is 25.0 Å². The van der Waals surface area contributed by atoms with Crippen LogP contribution >= 0.6 is 0 Å². The predicted octanol–water partition coefficient (Wildman–Crippen LogP) is 3.62. The molecule has 1 atom stereocenters. The van der Waals surface area contributed by atoms with Gasteiger partial charge >= 0.3 is 0 Å². The van der Waals surface area contributed by atoms with Crippen molar-refractivity contribution in [2.75, 3.05) is 0 Å². The number of benzene rings is 1. The SMILES string of the molecule is CCc1cnc(CNC(c2ccc(F)cc2)C2CC2)o1. The van der Waals surface area contributed by atoms with Crippen LogP contribution in [0.25, 0.3) is 0 Å². The summed E-state index contributed by atoms with van der Waals surface area (Å²) >= 11 is 0. The van der Waals surface area contributed by atoms with Crippen molar-refractivity contribution in [2.24, 2.45) is 5.92 Å². The minimum Gasteiger partial charge on any atom is -0.444 e. The molecular weight excluding hydrogens is 255 g/mol. The predicted molar refractivity (Wildman–Crippen MR) is 74.6 cm³/mol. The van der Waals surface area contributed by atoms with Crippen LogP contribution in [0.15, 0.2) is 34.9 Å². The fourth-order valence-electron chi connectivity index (χ4n) is 2.45.